The summed E-state index contributed by atoms with van der Waals surface area (Å²) in [4.78, 5) is 47.0. The van der Waals surface area contributed by atoms with Gasteiger partial charge in [-0.3, -0.25) is 9.59 Å². The van der Waals surface area contributed by atoms with E-state index in [9.17, 15) is 37.5 Å². The second-order valence-corrected chi connectivity index (χ2v) is 7.70. The predicted molar refractivity (Wildman–Crippen MR) is 122 cm³/mol. The van der Waals surface area contributed by atoms with E-state index >= 15 is 0 Å². The number of hydrogen-bond donors (Lipinski definition) is 4. The standard InChI is InChI=1S/C24H26F3N3O6/c25-24(26,27)18-11-9-16(10-12-18)15-36-23(35)30-19(22(33)34)8-4-5-13-28-20(31)14-29-21(32)17-6-2-1-3-7-17/h1-3,6-7,9-12,19H,4-5,8,13-15H2,(H,28,31)(H,29,32)(H,30,35)(H,33,34)/t19-/m0/s1. The van der Waals surface area contributed by atoms with Gasteiger partial charge in [0.2, 0.25) is 5.91 Å². The second kappa shape index (κ2) is 13.7. The summed E-state index contributed by atoms with van der Waals surface area (Å²) in [5.74, 6) is -2.07. The number of hydrogen-bond acceptors (Lipinski definition) is 5. The first-order valence-corrected chi connectivity index (χ1v) is 11.0. The van der Waals surface area contributed by atoms with E-state index in [1.807, 2.05) is 0 Å². The van der Waals surface area contributed by atoms with Crippen molar-refractivity contribution in [2.45, 2.75) is 38.1 Å². The van der Waals surface area contributed by atoms with E-state index in [-0.39, 0.29) is 32.0 Å². The minimum absolute atomic E-state index is 0.0608. The average molecular weight is 509 g/mol. The Labute approximate surface area is 205 Å². The van der Waals surface area contributed by atoms with Gasteiger partial charge in [-0.25, -0.2) is 9.59 Å². The summed E-state index contributed by atoms with van der Waals surface area (Å²) in [7, 11) is 0. The Balaban J connectivity index is 1.64. The zero-order valence-corrected chi connectivity index (χ0v) is 19.1. The monoisotopic (exact) mass is 509 g/mol. The number of benzene rings is 2. The number of halogens is 3. The molecule has 3 amide bonds. The molecule has 2 aromatic carbocycles. The van der Waals surface area contributed by atoms with Crippen LogP contribution in [-0.2, 0) is 27.1 Å². The maximum Gasteiger partial charge on any atom is 0.416 e. The number of ether oxygens (including phenoxy) is 1. The van der Waals surface area contributed by atoms with Crippen LogP contribution in [0.4, 0.5) is 18.0 Å². The number of nitrogens with one attached hydrogen (secondary N) is 3. The van der Waals surface area contributed by atoms with Crippen molar-refractivity contribution in [3.8, 4) is 0 Å². The number of carboxylic acids is 1. The normalized spacial score (nSPS) is 11.8. The summed E-state index contributed by atoms with van der Waals surface area (Å²) < 4.78 is 42.6. The van der Waals surface area contributed by atoms with Crippen molar-refractivity contribution >= 4 is 23.9 Å². The van der Waals surface area contributed by atoms with Gasteiger partial charge < -0.3 is 25.8 Å². The van der Waals surface area contributed by atoms with E-state index in [0.29, 0.717) is 24.0 Å². The molecule has 0 heterocycles. The SMILES string of the molecule is O=C(CNC(=O)c1ccccc1)NCCCC[C@H](NC(=O)OCc1ccc(C(F)(F)F)cc1)C(=O)O. The lowest BCUT2D eigenvalue weighted by molar-refractivity contribution is -0.139. The Morgan fingerprint density at radius 1 is 0.917 bits per heavy atom. The third-order valence-electron chi connectivity index (χ3n) is 4.93. The number of alkyl carbamates (subject to hydrolysis) is 1. The number of amides is 3. The van der Waals surface area contributed by atoms with Crippen molar-refractivity contribution in [3.63, 3.8) is 0 Å². The molecule has 0 spiro atoms. The molecule has 0 aliphatic rings. The molecule has 12 heteroatoms. The molecule has 2 aromatic rings. The summed E-state index contributed by atoms with van der Waals surface area (Å²) in [5, 5.41) is 16.6. The van der Waals surface area contributed by atoms with Crippen molar-refractivity contribution in [2.75, 3.05) is 13.1 Å². The Kier molecular flexibility index (Phi) is 10.7. The van der Waals surface area contributed by atoms with Crippen LogP contribution in [0.5, 0.6) is 0 Å². The smallest absolute Gasteiger partial charge is 0.416 e. The van der Waals surface area contributed by atoms with Gasteiger partial charge in [0.05, 0.1) is 12.1 Å². The van der Waals surface area contributed by atoms with Crippen LogP contribution in [0.15, 0.2) is 54.6 Å². The van der Waals surface area contributed by atoms with Crippen molar-refractivity contribution < 1.29 is 42.2 Å². The Bertz CT molecular complexity index is 1030. The highest BCUT2D eigenvalue weighted by molar-refractivity contribution is 5.96. The molecule has 194 valence electrons. The van der Waals surface area contributed by atoms with Gasteiger partial charge in [0.1, 0.15) is 12.6 Å². The van der Waals surface area contributed by atoms with E-state index in [1.54, 1.807) is 30.3 Å². The maximum absolute atomic E-state index is 12.6. The first-order chi connectivity index (χ1) is 17.1. The van der Waals surface area contributed by atoms with Crippen LogP contribution < -0.4 is 16.0 Å². The number of carboxylic acid groups (broad SMARTS) is 1. The highest BCUT2D eigenvalue weighted by atomic mass is 19.4. The molecule has 2 rings (SSSR count). The van der Waals surface area contributed by atoms with Crippen LogP contribution in [0.2, 0.25) is 0 Å². The molecule has 0 unspecified atom stereocenters. The summed E-state index contributed by atoms with van der Waals surface area (Å²) in [6.45, 7) is -0.300. The first kappa shape index (κ1) is 28.1. The van der Waals surface area contributed by atoms with Crippen LogP contribution in [0.3, 0.4) is 0 Å². The number of carbonyl (C=O) groups excluding carboxylic acids is 3. The van der Waals surface area contributed by atoms with Crippen LogP contribution in [0.1, 0.15) is 40.7 Å². The Morgan fingerprint density at radius 2 is 1.58 bits per heavy atom. The fourth-order valence-corrected chi connectivity index (χ4v) is 3.00. The fourth-order valence-electron chi connectivity index (χ4n) is 3.00. The van der Waals surface area contributed by atoms with Crippen molar-refractivity contribution in [1.29, 1.82) is 0 Å². The van der Waals surface area contributed by atoms with E-state index in [0.717, 1.165) is 24.3 Å². The van der Waals surface area contributed by atoms with E-state index in [2.05, 4.69) is 16.0 Å². The molecule has 0 saturated carbocycles. The predicted octanol–water partition coefficient (Wildman–Crippen LogP) is 3.10. The minimum atomic E-state index is -4.48. The van der Waals surface area contributed by atoms with Crippen LogP contribution in [0, 0.1) is 0 Å². The number of alkyl halides is 3. The third-order valence-corrected chi connectivity index (χ3v) is 4.93. The largest absolute Gasteiger partial charge is 0.480 e. The van der Waals surface area contributed by atoms with Crippen molar-refractivity contribution in [1.82, 2.24) is 16.0 Å². The summed E-state index contributed by atoms with van der Waals surface area (Å²) >= 11 is 0. The highest BCUT2D eigenvalue weighted by Crippen LogP contribution is 2.29. The lowest BCUT2D eigenvalue weighted by atomic mass is 10.1. The van der Waals surface area contributed by atoms with Gasteiger partial charge in [-0.2, -0.15) is 13.2 Å². The van der Waals surface area contributed by atoms with E-state index in [4.69, 9.17) is 4.74 Å². The molecule has 0 aromatic heterocycles. The average Bonchev–Trinajstić information content (AvgIpc) is 2.85. The zero-order valence-electron chi connectivity index (χ0n) is 19.1. The lowest BCUT2D eigenvalue weighted by Gasteiger charge is -2.15. The van der Waals surface area contributed by atoms with E-state index in [1.165, 1.54) is 0 Å². The van der Waals surface area contributed by atoms with Gasteiger partial charge in [0, 0.05) is 12.1 Å². The molecule has 0 saturated heterocycles. The molecule has 0 bridgehead atoms. The van der Waals surface area contributed by atoms with E-state index < -0.39 is 35.8 Å². The molecule has 4 N–H and O–H groups in total. The quantitative estimate of drug-likeness (QED) is 0.325. The van der Waals surface area contributed by atoms with Crippen molar-refractivity contribution in [2.24, 2.45) is 0 Å². The van der Waals surface area contributed by atoms with Gasteiger partial charge in [-0.05, 0) is 49.1 Å². The first-order valence-electron chi connectivity index (χ1n) is 11.0. The second-order valence-electron chi connectivity index (χ2n) is 7.70. The molecule has 0 fully saturated rings. The number of unbranched alkanes of at least 4 members (excludes halogenated alkanes) is 1. The van der Waals surface area contributed by atoms with Gasteiger partial charge in [-0.1, -0.05) is 30.3 Å². The zero-order chi connectivity index (χ0) is 26.6. The summed E-state index contributed by atoms with van der Waals surface area (Å²) in [6, 6.07) is 11.2. The molecule has 36 heavy (non-hydrogen) atoms. The molecule has 0 aliphatic heterocycles. The van der Waals surface area contributed by atoms with Crippen LogP contribution in [-0.4, -0.2) is 48.1 Å². The van der Waals surface area contributed by atoms with Crippen LogP contribution >= 0.6 is 0 Å². The van der Waals surface area contributed by atoms with Gasteiger partial charge in [-0.15, -0.1) is 0 Å². The fraction of sp³-hybridized carbons (Fsp3) is 0.333. The highest BCUT2D eigenvalue weighted by Gasteiger charge is 2.30. The lowest BCUT2D eigenvalue weighted by Crippen LogP contribution is -2.41. The molecule has 9 nitrogen and oxygen atoms in total. The number of rotatable bonds is 12. The van der Waals surface area contributed by atoms with Gasteiger partial charge >= 0.3 is 18.2 Å². The number of carbonyl (C=O) groups is 4. The minimum Gasteiger partial charge on any atom is -0.480 e. The molecule has 1 atom stereocenters. The number of aliphatic carboxylic acids is 1. The molecular formula is C24H26F3N3O6. The van der Waals surface area contributed by atoms with Crippen LogP contribution in [0.25, 0.3) is 0 Å². The third kappa shape index (κ3) is 10.0. The van der Waals surface area contributed by atoms with Crippen molar-refractivity contribution in [3.05, 3.63) is 71.3 Å². The van der Waals surface area contributed by atoms with Gasteiger partial charge in [0.15, 0.2) is 0 Å². The topological polar surface area (TPSA) is 134 Å². The molecule has 0 radical (unpaired) electrons. The summed E-state index contributed by atoms with van der Waals surface area (Å²) in [6.07, 6.45) is -4.67. The Morgan fingerprint density at radius 3 is 2.19 bits per heavy atom. The molecule has 0 aliphatic carbocycles. The summed E-state index contributed by atoms with van der Waals surface area (Å²) in [5.41, 5.74) is -0.106. The Hall–Kier alpha value is -4.09. The van der Waals surface area contributed by atoms with Gasteiger partial charge in [0.25, 0.3) is 5.91 Å². The molecular weight excluding hydrogens is 483 g/mol. The maximum atomic E-state index is 12.6.